The van der Waals surface area contributed by atoms with Crippen molar-refractivity contribution in [3.05, 3.63) is 0 Å². The van der Waals surface area contributed by atoms with E-state index in [0.717, 1.165) is 25.1 Å². The maximum atomic E-state index is 11.9. The summed E-state index contributed by atoms with van der Waals surface area (Å²) in [6, 6.07) is 0. The lowest BCUT2D eigenvalue weighted by atomic mass is 9.89. The Kier molecular flexibility index (Phi) is 5.51. The molecule has 94 valence electrons. The average Bonchev–Trinajstić information content (AvgIpc) is 2.66. The Hall–Kier alpha value is 0.170. The molecule has 0 fully saturated rings. The molecule has 0 aromatic heterocycles. The molecule has 1 heterocycles. The summed E-state index contributed by atoms with van der Waals surface area (Å²) in [5, 5.41) is 0.409. The molecule has 2 nitrogen and oxygen atoms in total. The molecule has 0 amide bonds. The van der Waals surface area contributed by atoms with Crippen molar-refractivity contribution in [3.63, 3.8) is 0 Å². The van der Waals surface area contributed by atoms with Crippen LogP contribution in [0.4, 0.5) is 0 Å². The SMILES string of the molecule is CC(C)(C)CCC(Br)CC(=O)[SH]1C=NCC1. The van der Waals surface area contributed by atoms with Gasteiger partial charge < -0.3 is 0 Å². The summed E-state index contributed by atoms with van der Waals surface area (Å²) in [4.78, 5) is 16.4. The van der Waals surface area contributed by atoms with Crippen LogP contribution in [0.1, 0.15) is 40.0 Å². The molecule has 0 spiro atoms. The maximum Gasteiger partial charge on any atom is 0.175 e. The highest BCUT2D eigenvalue weighted by Gasteiger charge is 2.20. The predicted molar refractivity (Wildman–Crippen MR) is 78.2 cm³/mol. The van der Waals surface area contributed by atoms with E-state index in [1.165, 1.54) is 0 Å². The first kappa shape index (κ1) is 14.2. The van der Waals surface area contributed by atoms with Crippen LogP contribution in [0.3, 0.4) is 0 Å². The van der Waals surface area contributed by atoms with E-state index in [0.29, 0.717) is 21.8 Å². The van der Waals surface area contributed by atoms with Crippen molar-refractivity contribution in [1.29, 1.82) is 0 Å². The third kappa shape index (κ3) is 5.48. The van der Waals surface area contributed by atoms with Crippen LogP contribution >= 0.6 is 26.8 Å². The first-order chi connectivity index (χ1) is 7.38. The fourth-order valence-electron chi connectivity index (χ4n) is 1.57. The standard InChI is InChI=1S/C12H22BrNOS/c1-12(2,3)5-4-10(13)8-11(15)16-7-6-14-9-16/h9-10,16H,4-8H2,1-3H3. The Morgan fingerprint density at radius 2 is 2.25 bits per heavy atom. The van der Waals surface area contributed by atoms with Crippen LogP contribution in [-0.2, 0) is 4.79 Å². The van der Waals surface area contributed by atoms with Crippen molar-refractivity contribution in [3.8, 4) is 0 Å². The van der Waals surface area contributed by atoms with Crippen molar-refractivity contribution < 1.29 is 4.79 Å². The molecule has 0 aromatic rings. The van der Waals surface area contributed by atoms with Gasteiger partial charge in [0.2, 0.25) is 0 Å². The lowest BCUT2D eigenvalue weighted by Gasteiger charge is -2.20. The van der Waals surface area contributed by atoms with Crippen LogP contribution < -0.4 is 0 Å². The van der Waals surface area contributed by atoms with Gasteiger partial charge in [0.1, 0.15) is 0 Å². The molecule has 1 aliphatic rings. The highest BCUT2D eigenvalue weighted by molar-refractivity contribution is 9.09. The molecule has 0 aliphatic carbocycles. The zero-order valence-electron chi connectivity index (χ0n) is 10.4. The van der Waals surface area contributed by atoms with E-state index in [1.54, 1.807) is 0 Å². The molecule has 0 N–H and O–H groups in total. The fraction of sp³-hybridized carbons (Fsp3) is 0.833. The molecule has 0 saturated heterocycles. The highest BCUT2D eigenvalue weighted by atomic mass is 79.9. The average molecular weight is 308 g/mol. The molecule has 2 unspecified atom stereocenters. The van der Waals surface area contributed by atoms with Crippen molar-refractivity contribution in [1.82, 2.24) is 0 Å². The first-order valence-corrected chi connectivity index (χ1v) is 8.33. The van der Waals surface area contributed by atoms with Crippen molar-refractivity contribution in [2.24, 2.45) is 10.4 Å². The number of alkyl halides is 1. The number of carbonyl (C=O) groups is 1. The van der Waals surface area contributed by atoms with Gasteiger partial charge >= 0.3 is 0 Å². The van der Waals surface area contributed by atoms with Crippen LogP contribution in [0.25, 0.3) is 0 Å². The van der Waals surface area contributed by atoms with Gasteiger partial charge in [0.15, 0.2) is 5.12 Å². The number of hydrogen-bond acceptors (Lipinski definition) is 2. The Balaban J connectivity index is 2.25. The van der Waals surface area contributed by atoms with Gasteiger partial charge in [0, 0.05) is 29.1 Å². The maximum absolute atomic E-state index is 11.9. The van der Waals surface area contributed by atoms with Gasteiger partial charge in [0.05, 0.1) is 0 Å². The summed E-state index contributed by atoms with van der Waals surface area (Å²) < 4.78 is 0. The lowest BCUT2D eigenvalue weighted by Crippen LogP contribution is -2.13. The third-order valence-corrected chi connectivity index (χ3v) is 5.34. The van der Waals surface area contributed by atoms with E-state index in [4.69, 9.17) is 0 Å². The molecule has 1 rings (SSSR count). The van der Waals surface area contributed by atoms with Crippen LogP contribution in [-0.4, -0.2) is 27.8 Å². The summed E-state index contributed by atoms with van der Waals surface area (Å²) in [6.07, 6.45) is 2.91. The lowest BCUT2D eigenvalue weighted by molar-refractivity contribution is -0.111. The minimum atomic E-state index is -0.538. The summed E-state index contributed by atoms with van der Waals surface area (Å²) in [5.41, 5.74) is 2.25. The quantitative estimate of drug-likeness (QED) is 0.625. The monoisotopic (exact) mass is 307 g/mol. The molecule has 4 heteroatoms. The molecule has 0 saturated carbocycles. The van der Waals surface area contributed by atoms with Crippen LogP contribution in [0.15, 0.2) is 4.99 Å². The molecule has 1 aliphatic heterocycles. The van der Waals surface area contributed by atoms with Gasteiger partial charge in [-0.15, -0.1) is 0 Å². The van der Waals surface area contributed by atoms with E-state index >= 15 is 0 Å². The normalized spacial score (nSPS) is 24.6. The fourth-order valence-corrected chi connectivity index (χ4v) is 3.93. The second-order valence-electron chi connectivity index (χ2n) is 5.51. The van der Waals surface area contributed by atoms with Gasteiger partial charge in [-0.2, -0.15) is 10.9 Å². The molecule has 0 aromatic carbocycles. The van der Waals surface area contributed by atoms with E-state index in [9.17, 15) is 4.79 Å². The zero-order valence-corrected chi connectivity index (χ0v) is 12.9. The third-order valence-electron chi connectivity index (χ3n) is 2.62. The van der Waals surface area contributed by atoms with Gasteiger partial charge in [-0.05, 0) is 18.3 Å². The van der Waals surface area contributed by atoms with E-state index in [-0.39, 0.29) is 0 Å². The van der Waals surface area contributed by atoms with E-state index in [1.807, 2.05) is 5.55 Å². The van der Waals surface area contributed by atoms with Crippen molar-refractivity contribution in [2.45, 2.75) is 44.9 Å². The molecular weight excluding hydrogens is 286 g/mol. The van der Waals surface area contributed by atoms with Crippen LogP contribution in [0.2, 0.25) is 0 Å². The predicted octanol–water partition coefficient (Wildman–Crippen LogP) is 3.54. The van der Waals surface area contributed by atoms with Gasteiger partial charge in [-0.3, -0.25) is 9.79 Å². The summed E-state index contributed by atoms with van der Waals surface area (Å²) >= 11 is 3.62. The van der Waals surface area contributed by atoms with Crippen molar-refractivity contribution in [2.75, 3.05) is 12.3 Å². The number of thiol groups is 1. The topological polar surface area (TPSA) is 29.4 Å². The minimum absolute atomic E-state index is 0.343. The van der Waals surface area contributed by atoms with Gasteiger partial charge in [0.25, 0.3) is 0 Å². The molecular formula is C12H22BrNOS. The Morgan fingerprint density at radius 1 is 1.56 bits per heavy atom. The van der Waals surface area contributed by atoms with E-state index < -0.39 is 10.9 Å². The molecule has 16 heavy (non-hydrogen) atoms. The number of aliphatic imine (C=N–C) groups is 1. The number of carbonyl (C=O) groups excluding carboxylic acids is 1. The first-order valence-electron chi connectivity index (χ1n) is 5.82. The largest absolute Gasteiger partial charge is 0.289 e. The van der Waals surface area contributed by atoms with Crippen molar-refractivity contribution >= 4 is 37.5 Å². The van der Waals surface area contributed by atoms with Crippen LogP contribution in [0.5, 0.6) is 0 Å². The van der Waals surface area contributed by atoms with Crippen LogP contribution in [0, 0.1) is 5.41 Å². The number of hydrogen-bond donors (Lipinski definition) is 1. The molecule has 0 bridgehead atoms. The van der Waals surface area contributed by atoms with Gasteiger partial charge in [-0.25, -0.2) is 0 Å². The highest BCUT2D eigenvalue weighted by Crippen LogP contribution is 2.32. The smallest absolute Gasteiger partial charge is 0.175 e. The van der Waals surface area contributed by atoms with Gasteiger partial charge in [-0.1, -0.05) is 36.7 Å². The second-order valence-corrected chi connectivity index (χ2v) is 8.92. The number of nitrogens with zero attached hydrogens (tertiary/aromatic N) is 1. The Morgan fingerprint density at radius 3 is 2.75 bits per heavy atom. The minimum Gasteiger partial charge on any atom is -0.289 e. The molecule has 0 radical (unpaired) electrons. The summed E-state index contributed by atoms with van der Waals surface area (Å²) in [6.45, 7) is 7.57. The zero-order chi connectivity index (χ0) is 12.2. The van der Waals surface area contributed by atoms with E-state index in [2.05, 4.69) is 41.7 Å². The Bertz CT molecular complexity index is 273. The number of rotatable bonds is 4. The summed E-state index contributed by atoms with van der Waals surface area (Å²) in [7, 11) is -0.538. The summed E-state index contributed by atoms with van der Waals surface area (Å²) in [5.74, 6) is 0.979. The Labute approximate surface area is 110 Å². The number of halogens is 1. The molecule has 2 atom stereocenters. The second kappa shape index (κ2) is 6.20.